The van der Waals surface area contributed by atoms with Gasteiger partial charge in [0.1, 0.15) is 0 Å². The topological polar surface area (TPSA) is 80.3 Å². The van der Waals surface area contributed by atoms with Crippen molar-refractivity contribution in [2.24, 2.45) is 11.3 Å². The second-order valence-electron chi connectivity index (χ2n) is 5.19. The molecule has 2 rings (SSSR count). The van der Waals surface area contributed by atoms with Gasteiger partial charge >= 0.3 is 0 Å². The van der Waals surface area contributed by atoms with E-state index in [-0.39, 0.29) is 5.41 Å². The first-order chi connectivity index (χ1) is 7.99. The summed E-state index contributed by atoms with van der Waals surface area (Å²) in [4.78, 5) is 8.63. The Hall–Kier alpha value is -1.82. The summed E-state index contributed by atoms with van der Waals surface area (Å²) in [6, 6.07) is 0. The van der Waals surface area contributed by atoms with Crippen LogP contribution in [0.2, 0.25) is 0 Å². The van der Waals surface area contributed by atoms with Crippen LogP contribution >= 0.6 is 0 Å². The standard InChI is InChI=1S/C11H18N6/c1-11(2,3)7-14-9-10-13-4-5-17(10)6-8(15-9)16-12/h4-6,16H,7,12H2,1-3H3,(H,14,15). The fourth-order valence-corrected chi connectivity index (χ4v) is 1.47. The molecule has 17 heavy (non-hydrogen) atoms. The fraction of sp³-hybridized carbons (Fsp3) is 0.455. The fourth-order valence-electron chi connectivity index (χ4n) is 1.47. The van der Waals surface area contributed by atoms with Gasteiger partial charge in [-0.05, 0) is 5.41 Å². The van der Waals surface area contributed by atoms with Gasteiger partial charge < -0.3 is 15.1 Å². The molecule has 92 valence electrons. The maximum Gasteiger partial charge on any atom is 0.180 e. The lowest BCUT2D eigenvalue weighted by Gasteiger charge is -2.19. The average molecular weight is 234 g/mol. The van der Waals surface area contributed by atoms with Crippen LogP contribution in [0.5, 0.6) is 0 Å². The lowest BCUT2D eigenvalue weighted by molar-refractivity contribution is 0.442. The third-order valence-electron chi connectivity index (χ3n) is 2.31. The molecule has 2 aromatic heterocycles. The van der Waals surface area contributed by atoms with Gasteiger partial charge in [-0.25, -0.2) is 15.8 Å². The molecule has 0 saturated heterocycles. The van der Waals surface area contributed by atoms with Gasteiger partial charge in [0.05, 0.1) is 6.20 Å². The minimum atomic E-state index is 0.178. The smallest absolute Gasteiger partial charge is 0.180 e. The van der Waals surface area contributed by atoms with E-state index in [1.165, 1.54) is 0 Å². The SMILES string of the molecule is CC(C)(C)CNc1nc(NN)cn2ccnc12. The highest BCUT2D eigenvalue weighted by Gasteiger charge is 2.12. The minimum Gasteiger partial charge on any atom is -0.366 e. The highest BCUT2D eigenvalue weighted by Crippen LogP contribution is 2.19. The van der Waals surface area contributed by atoms with E-state index in [0.717, 1.165) is 18.0 Å². The summed E-state index contributed by atoms with van der Waals surface area (Å²) in [7, 11) is 0. The highest BCUT2D eigenvalue weighted by molar-refractivity contribution is 5.65. The number of hydrogen-bond donors (Lipinski definition) is 3. The molecule has 4 N–H and O–H groups in total. The number of aromatic nitrogens is 3. The molecule has 0 aromatic carbocycles. The number of hydrogen-bond acceptors (Lipinski definition) is 5. The van der Waals surface area contributed by atoms with Gasteiger partial charge in [0.2, 0.25) is 0 Å². The molecular formula is C11H18N6. The van der Waals surface area contributed by atoms with Crippen molar-refractivity contribution in [2.75, 3.05) is 17.3 Å². The summed E-state index contributed by atoms with van der Waals surface area (Å²) in [5.74, 6) is 6.73. The number of nitrogens with zero attached hydrogens (tertiary/aromatic N) is 3. The van der Waals surface area contributed by atoms with E-state index in [2.05, 4.69) is 41.5 Å². The van der Waals surface area contributed by atoms with Crippen molar-refractivity contribution in [3.63, 3.8) is 0 Å². The molecule has 0 amide bonds. The first-order valence-corrected chi connectivity index (χ1v) is 5.54. The Balaban J connectivity index is 2.34. The van der Waals surface area contributed by atoms with Crippen LogP contribution in [0.1, 0.15) is 20.8 Å². The number of anilines is 2. The van der Waals surface area contributed by atoms with Crippen LogP contribution in [-0.2, 0) is 0 Å². The average Bonchev–Trinajstić information content (AvgIpc) is 2.72. The van der Waals surface area contributed by atoms with E-state index in [9.17, 15) is 0 Å². The predicted octanol–water partition coefficient (Wildman–Crippen LogP) is 1.47. The molecule has 0 unspecified atom stereocenters. The summed E-state index contributed by atoms with van der Waals surface area (Å²) in [5, 5.41) is 3.30. The Morgan fingerprint density at radius 1 is 1.41 bits per heavy atom. The molecule has 0 aliphatic carbocycles. The Labute approximate surface area is 100 Å². The van der Waals surface area contributed by atoms with E-state index < -0.39 is 0 Å². The van der Waals surface area contributed by atoms with Crippen LogP contribution in [-0.4, -0.2) is 20.9 Å². The molecule has 0 saturated carbocycles. The van der Waals surface area contributed by atoms with Gasteiger partial charge in [0.25, 0.3) is 0 Å². The van der Waals surface area contributed by atoms with Gasteiger partial charge in [-0.1, -0.05) is 20.8 Å². The highest BCUT2D eigenvalue weighted by atomic mass is 15.3. The zero-order chi connectivity index (χ0) is 12.5. The molecule has 6 heteroatoms. The Bertz CT molecular complexity index is 510. The number of fused-ring (bicyclic) bond motifs is 1. The summed E-state index contributed by atoms with van der Waals surface area (Å²) in [6.45, 7) is 7.30. The molecule has 0 spiro atoms. The lowest BCUT2D eigenvalue weighted by Crippen LogP contribution is -2.20. The molecule has 0 atom stereocenters. The summed E-state index contributed by atoms with van der Waals surface area (Å²) in [6.07, 6.45) is 5.39. The quantitative estimate of drug-likeness (QED) is 0.553. The van der Waals surface area contributed by atoms with Crippen LogP contribution in [0.15, 0.2) is 18.6 Å². The van der Waals surface area contributed by atoms with Gasteiger partial charge in [-0.15, -0.1) is 0 Å². The van der Waals surface area contributed by atoms with Crippen molar-refractivity contribution in [2.45, 2.75) is 20.8 Å². The Morgan fingerprint density at radius 2 is 2.18 bits per heavy atom. The molecule has 0 aliphatic heterocycles. The van der Waals surface area contributed by atoms with E-state index in [1.807, 2.05) is 10.6 Å². The third-order valence-corrected chi connectivity index (χ3v) is 2.31. The Kier molecular flexibility index (Phi) is 2.89. The van der Waals surface area contributed by atoms with Crippen molar-refractivity contribution in [3.8, 4) is 0 Å². The maximum atomic E-state index is 5.39. The van der Waals surface area contributed by atoms with Gasteiger partial charge in [0.15, 0.2) is 17.3 Å². The van der Waals surface area contributed by atoms with Gasteiger partial charge in [-0.2, -0.15) is 0 Å². The molecule has 0 radical (unpaired) electrons. The van der Waals surface area contributed by atoms with E-state index >= 15 is 0 Å². The number of imidazole rings is 1. The first-order valence-electron chi connectivity index (χ1n) is 5.54. The summed E-state index contributed by atoms with van der Waals surface area (Å²) < 4.78 is 1.88. The van der Waals surface area contributed by atoms with Crippen molar-refractivity contribution in [1.82, 2.24) is 14.4 Å². The molecule has 0 bridgehead atoms. The number of nitrogens with one attached hydrogen (secondary N) is 2. The molecule has 0 aliphatic rings. The second kappa shape index (κ2) is 4.21. The van der Waals surface area contributed by atoms with Crippen LogP contribution in [0, 0.1) is 5.41 Å². The number of nitrogen functional groups attached to an aromatic ring is 1. The Morgan fingerprint density at radius 3 is 2.82 bits per heavy atom. The van der Waals surface area contributed by atoms with Crippen LogP contribution in [0.4, 0.5) is 11.6 Å². The molecule has 2 aromatic rings. The monoisotopic (exact) mass is 234 g/mol. The molecule has 2 heterocycles. The number of nitrogens with two attached hydrogens (primary N) is 1. The predicted molar refractivity (Wildman–Crippen MR) is 68.7 cm³/mol. The van der Waals surface area contributed by atoms with Crippen LogP contribution < -0.4 is 16.6 Å². The van der Waals surface area contributed by atoms with E-state index in [0.29, 0.717) is 5.82 Å². The summed E-state index contributed by atoms with van der Waals surface area (Å²) in [5.41, 5.74) is 3.52. The van der Waals surface area contributed by atoms with Crippen molar-refractivity contribution in [3.05, 3.63) is 18.6 Å². The minimum absolute atomic E-state index is 0.178. The van der Waals surface area contributed by atoms with Crippen molar-refractivity contribution in [1.29, 1.82) is 0 Å². The first kappa shape index (κ1) is 11.7. The lowest BCUT2D eigenvalue weighted by atomic mass is 9.97. The zero-order valence-corrected chi connectivity index (χ0v) is 10.4. The maximum absolute atomic E-state index is 5.39. The van der Waals surface area contributed by atoms with Crippen molar-refractivity contribution < 1.29 is 0 Å². The van der Waals surface area contributed by atoms with Gasteiger partial charge in [-0.3, -0.25) is 0 Å². The van der Waals surface area contributed by atoms with Crippen LogP contribution in [0.3, 0.4) is 0 Å². The summed E-state index contributed by atoms with van der Waals surface area (Å²) >= 11 is 0. The molecule has 0 fully saturated rings. The normalized spacial score (nSPS) is 11.8. The largest absolute Gasteiger partial charge is 0.366 e. The van der Waals surface area contributed by atoms with E-state index in [1.54, 1.807) is 12.4 Å². The van der Waals surface area contributed by atoms with Crippen LogP contribution in [0.25, 0.3) is 5.65 Å². The zero-order valence-electron chi connectivity index (χ0n) is 10.4. The second-order valence-corrected chi connectivity index (χ2v) is 5.19. The number of hydrazine groups is 1. The molecule has 6 nitrogen and oxygen atoms in total. The van der Waals surface area contributed by atoms with E-state index in [4.69, 9.17) is 5.84 Å². The third kappa shape index (κ3) is 2.65. The number of rotatable bonds is 3. The van der Waals surface area contributed by atoms with Gasteiger partial charge in [0, 0.05) is 18.9 Å². The van der Waals surface area contributed by atoms with Crippen molar-refractivity contribution >= 4 is 17.3 Å². The molecular weight excluding hydrogens is 216 g/mol.